The third-order valence-electron chi connectivity index (χ3n) is 1.59. The highest BCUT2D eigenvalue weighted by Gasteiger charge is 2.55. The van der Waals surface area contributed by atoms with Crippen molar-refractivity contribution in [3.63, 3.8) is 0 Å². The van der Waals surface area contributed by atoms with Gasteiger partial charge in [0.05, 0.1) is 0 Å². The van der Waals surface area contributed by atoms with Crippen LogP contribution in [0.4, 0.5) is 0 Å². The molecule has 0 aliphatic carbocycles. The van der Waals surface area contributed by atoms with Crippen LogP contribution in [0.2, 0.25) is 0 Å². The first-order valence-corrected chi connectivity index (χ1v) is 3.12. The Labute approximate surface area is 72.7 Å². The maximum Gasteiger partial charge on any atom is 0.336 e. The van der Waals surface area contributed by atoms with E-state index in [0.29, 0.717) is 0 Å². The van der Waals surface area contributed by atoms with E-state index in [1.54, 1.807) is 0 Å². The summed E-state index contributed by atoms with van der Waals surface area (Å²) in [6, 6.07) is 0. The summed E-state index contributed by atoms with van der Waals surface area (Å²) in [5.41, 5.74) is 6.32. The van der Waals surface area contributed by atoms with E-state index >= 15 is 0 Å². The van der Waals surface area contributed by atoms with Gasteiger partial charge in [0.25, 0.3) is 17.2 Å². The largest absolute Gasteiger partial charge is 0.480 e. The molecule has 72 valence electrons. The fourth-order valence-corrected chi connectivity index (χ4v) is 0.830. The lowest BCUT2D eigenvalue weighted by atomic mass is 9.82. The lowest BCUT2D eigenvalue weighted by Gasteiger charge is -2.18. The minimum Gasteiger partial charge on any atom is -0.480 e. The second kappa shape index (κ2) is 3.21. The van der Waals surface area contributed by atoms with E-state index in [1.165, 1.54) is 0 Å². The van der Waals surface area contributed by atoms with E-state index in [1.807, 2.05) is 0 Å². The van der Waals surface area contributed by atoms with Crippen LogP contribution in [0.25, 0.3) is 0 Å². The van der Waals surface area contributed by atoms with E-state index in [9.17, 15) is 19.2 Å². The Bertz CT molecular complexity index is 234. The van der Waals surface area contributed by atoms with Gasteiger partial charge in [-0.05, 0) is 6.92 Å². The lowest BCUT2D eigenvalue weighted by molar-refractivity contribution is -0.162. The second-order valence-corrected chi connectivity index (χ2v) is 2.34. The van der Waals surface area contributed by atoms with Gasteiger partial charge >= 0.3 is 5.97 Å². The van der Waals surface area contributed by atoms with E-state index < -0.39 is 29.0 Å². The number of amides is 2. The molecule has 0 aliphatic heterocycles. The van der Waals surface area contributed by atoms with Crippen molar-refractivity contribution in [2.24, 2.45) is 16.9 Å². The first-order valence-electron chi connectivity index (χ1n) is 3.12. The molecule has 0 rings (SSSR count). The van der Waals surface area contributed by atoms with Crippen LogP contribution in [-0.2, 0) is 19.2 Å². The molecule has 0 spiro atoms. The topological polar surface area (TPSA) is 141 Å². The van der Waals surface area contributed by atoms with Gasteiger partial charge in [0.2, 0.25) is 0 Å². The number of rotatable bonds is 4. The number of carbonyl (C=O) groups is 4. The predicted octanol–water partition coefficient (Wildman–Crippen LogP) is -2.38. The number of hydrogen-bond acceptors (Lipinski definition) is 4. The van der Waals surface area contributed by atoms with E-state index in [-0.39, 0.29) is 0 Å². The van der Waals surface area contributed by atoms with Gasteiger partial charge in [-0.2, -0.15) is 0 Å². The highest BCUT2D eigenvalue weighted by atomic mass is 16.4. The number of carbonyl (C=O) groups excluding carboxylic acids is 3. The van der Waals surface area contributed by atoms with Crippen molar-refractivity contribution in [3.05, 3.63) is 0 Å². The number of nitrogens with two attached hydrogens (primary N) is 2. The van der Waals surface area contributed by atoms with Crippen molar-refractivity contribution >= 4 is 23.6 Å². The van der Waals surface area contributed by atoms with Gasteiger partial charge in [-0.15, -0.1) is 0 Å². The molecule has 7 nitrogen and oxygen atoms in total. The number of carboxylic acids is 1. The molecular weight excluding hydrogens is 180 g/mol. The van der Waals surface area contributed by atoms with Crippen molar-refractivity contribution < 1.29 is 24.3 Å². The van der Waals surface area contributed by atoms with Crippen LogP contribution < -0.4 is 11.5 Å². The third kappa shape index (κ3) is 1.35. The van der Waals surface area contributed by atoms with Gasteiger partial charge in [-0.25, -0.2) is 0 Å². The Morgan fingerprint density at radius 2 is 1.38 bits per heavy atom. The molecule has 0 aromatic rings. The lowest BCUT2D eigenvalue weighted by Crippen LogP contribution is -2.57. The molecule has 0 radical (unpaired) electrons. The molecule has 13 heavy (non-hydrogen) atoms. The standard InChI is InChI=1S/C6H8N2O5/c1-2(9)6(3(7)10,4(8)11)5(12)13/h1H3,(H2,7,10)(H2,8,11)(H,12,13). The number of Topliss-reactive ketones (excluding diaryl/α,β-unsaturated/α-hetero) is 1. The summed E-state index contributed by atoms with van der Waals surface area (Å²) in [5.74, 6) is -6.33. The molecule has 0 fully saturated rings. The van der Waals surface area contributed by atoms with E-state index in [4.69, 9.17) is 5.11 Å². The summed E-state index contributed by atoms with van der Waals surface area (Å²) in [6.07, 6.45) is 0. The third-order valence-corrected chi connectivity index (χ3v) is 1.59. The normalized spacial score (nSPS) is 10.5. The highest BCUT2D eigenvalue weighted by molar-refractivity contribution is 6.35. The van der Waals surface area contributed by atoms with Gasteiger partial charge < -0.3 is 16.6 Å². The van der Waals surface area contributed by atoms with Crippen LogP contribution in [0.1, 0.15) is 6.92 Å². The number of ketones is 1. The van der Waals surface area contributed by atoms with Crippen molar-refractivity contribution in [3.8, 4) is 0 Å². The summed E-state index contributed by atoms with van der Waals surface area (Å²) in [4.78, 5) is 42.7. The smallest absolute Gasteiger partial charge is 0.336 e. The first kappa shape index (κ1) is 11.1. The summed E-state index contributed by atoms with van der Waals surface area (Å²) in [5, 5.41) is 8.51. The fourth-order valence-electron chi connectivity index (χ4n) is 0.830. The molecule has 7 heteroatoms. The Morgan fingerprint density at radius 3 is 1.38 bits per heavy atom. The Balaban J connectivity index is 5.60. The van der Waals surface area contributed by atoms with Gasteiger partial charge in [0.15, 0.2) is 5.78 Å². The Kier molecular flexibility index (Phi) is 2.74. The number of aliphatic carboxylic acids is 1. The molecule has 0 saturated heterocycles. The fraction of sp³-hybridized carbons (Fsp3) is 0.333. The number of carboxylic acid groups (broad SMARTS) is 1. The van der Waals surface area contributed by atoms with E-state index in [0.717, 1.165) is 6.92 Å². The Hall–Kier alpha value is -1.92. The predicted molar refractivity (Wildman–Crippen MR) is 39.1 cm³/mol. The number of primary amides is 2. The molecule has 5 N–H and O–H groups in total. The first-order chi connectivity index (χ1) is 5.77. The maximum atomic E-state index is 10.8. The van der Waals surface area contributed by atoms with Gasteiger partial charge in [0, 0.05) is 0 Å². The number of hydrogen-bond donors (Lipinski definition) is 3. The summed E-state index contributed by atoms with van der Waals surface area (Å²) in [7, 11) is 0. The van der Waals surface area contributed by atoms with Crippen molar-refractivity contribution in [2.45, 2.75) is 6.92 Å². The Morgan fingerprint density at radius 1 is 1.08 bits per heavy atom. The molecule has 2 amide bonds. The zero-order valence-electron chi connectivity index (χ0n) is 6.73. The van der Waals surface area contributed by atoms with E-state index in [2.05, 4.69) is 11.5 Å². The molecule has 0 unspecified atom stereocenters. The van der Waals surface area contributed by atoms with Gasteiger partial charge in [-0.3, -0.25) is 19.2 Å². The molecule has 0 heterocycles. The zero-order chi connectivity index (χ0) is 10.8. The van der Waals surface area contributed by atoms with Crippen molar-refractivity contribution in [1.82, 2.24) is 0 Å². The van der Waals surface area contributed by atoms with Crippen LogP contribution in [0.5, 0.6) is 0 Å². The molecule has 0 aromatic carbocycles. The maximum absolute atomic E-state index is 10.8. The van der Waals surface area contributed by atoms with Crippen LogP contribution in [0.15, 0.2) is 0 Å². The molecule has 0 aromatic heterocycles. The molecular formula is C6H8N2O5. The second-order valence-electron chi connectivity index (χ2n) is 2.34. The molecule has 0 bridgehead atoms. The van der Waals surface area contributed by atoms with Crippen molar-refractivity contribution in [1.29, 1.82) is 0 Å². The minimum absolute atomic E-state index is 0.754. The SMILES string of the molecule is CC(=O)C(C(N)=O)(C(N)=O)C(=O)O. The molecule has 0 saturated carbocycles. The van der Waals surface area contributed by atoms with Crippen LogP contribution in [0.3, 0.4) is 0 Å². The van der Waals surface area contributed by atoms with Crippen molar-refractivity contribution in [2.75, 3.05) is 0 Å². The summed E-state index contributed by atoms with van der Waals surface area (Å²) < 4.78 is 0. The quantitative estimate of drug-likeness (QED) is 0.422. The highest BCUT2D eigenvalue weighted by Crippen LogP contribution is 2.17. The molecule has 0 atom stereocenters. The summed E-state index contributed by atoms with van der Waals surface area (Å²) >= 11 is 0. The van der Waals surface area contributed by atoms with Gasteiger partial charge in [0.1, 0.15) is 0 Å². The van der Waals surface area contributed by atoms with Crippen LogP contribution in [0, 0.1) is 5.41 Å². The zero-order valence-corrected chi connectivity index (χ0v) is 6.73. The monoisotopic (exact) mass is 188 g/mol. The molecule has 0 aliphatic rings. The average Bonchev–Trinajstić information content (AvgIpc) is 1.82. The van der Waals surface area contributed by atoms with Gasteiger partial charge in [-0.1, -0.05) is 0 Å². The van der Waals surface area contributed by atoms with Crippen LogP contribution in [-0.4, -0.2) is 28.7 Å². The minimum atomic E-state index is -2.94. The summed E-state index contributed by atoms with van der Waals surface area (Å²) in [6.45, 7) is 0.754. The average molecular weight is 188 g/mol. The van der Waals surface area contributed by atoms with Crippen LogP contribution >= 0.6 is 0 Å².